The summed E-state index contributed by atoms with van der Waals surface area (Å²) in [5.74, 6) is -1.35. The Morgan fingerprint density at radius 3 is 2.29 bits per heavy atom. The van der Waals surface area contributed by atoms with E-state index in [4.69, 9.17) is 47.4 Å². The predicted molar refractivity (Wildman–Crippen MR) is 161 cm³/mol. The van der Waals surface area contributed by atoms with Crippen LogP contribution < -0.4 is 23.7 Å². The van der Waals surface area contributed by atoms with Crippen molar-refractivity contribution in [3.8, 4) is 28.7 Å². The number of carbonyl (C=O) groups excluding carboxylic acids is 2. The van der Waals surface area contributed by atoms with Gasteiger partial charge in [-0.2, -0.15) is 0 Å². The summed E-state index contributed by atoms with van der Waals surface area (Å²) in [7, 11) is 6.39. The third-order valence-corrected chi connectivity index (χ3v) is 9.39. The molecule has 3 saturated heterocycles. The summed E-state index contributed by atoms with van der Waals surface area (Å²) < 4.78 is 58.0. The summed E-state index contributed by atoms with van der Waals surface area (Å²) in [5.41, 5.74) is 1.95. The average Bonchev–Trinajstić information content (AvgIpc) is 3.68. The number of ether oxygens (including phenoxy) is 10. The molecule has 1 aliphatic carbocycles. The van der Waals surface area contributed by atoms with E-state index in [9.17, 15) is 19.8 Å². The Kier molecular flexibility index (Phi) is 8.87. The zero-order valence-electron chi connectivity index (χ0n) is 27.2. The van der Waals surface area contributed by atoms with Crippen LogP contribution in [0.4, 0.5) is 0 Å². The summed E-state index contributed by atoms with van der Waals surface area (Å²) in [6, 6.07) is 7.01. The Balaban J connectivity index is 1.29. The van der Waals surface area contributed by atoms with Gasteiger partial charge < -0.3 is 57.6 Å². The molecule has 0 bridgehead atoms. The summed E-state index contributed by atoms with van der Waals surface area (Å²) in [6.07, 6.45) is -6.95. The first-order chi connectivity index (χ1) is 23.1. The Morgan fingerprint density at radius 1 is 0.938 bits per heavy atom. The topological polar surface area (TPSA) is 170 Å². The first-order valence-corrected chi connectivity index (χ1v) is 15.7. The standard InChI is InChI=1S/C33H39NO14/c1-14-41-12-23-31(45-14)27(36)28(37)33(46-23)48-29-17-9-20-19(43-13-44-20)8-16(17)25(26-18(29)11-42-32(26)38)15-6-21(39-4)30(22(7-15)40-5)47-24(35)10-34(2)3/h6-9,14,18,23,25-29,31,33,36-37H,10-13H2,1-5H3/t14-,18+,23-,25-,26+,27-,28-,29-,31-,33+/m1/s1. The van der Waals surface area contributed by atoms with E-state index in [0.29, 0.717) is 28.2 Å². The van der Waals surface area contributed by atoms with E-state index in [2.05, 4.69) is 0 Å². The van der Waals surface area contributed by atoms with Crippen molar-refractivity contribution in [2.45, 2.75) is 55.9 Å². The second-order valence-corrected chi connectivity index (χ2v) is 12.7. The molecule has 0 amide bonds. The lowest BCUT2D eigenvalue weighted by atomic mass is 9.66. The molecule has 2 aromatic carbocycles. The number of carbonyl (C=O) groups is 2. The molecule has 0 aromatic heterocycles. The molecule has 3 fully saturated rings. The normalized spacial score (nSPS) is 33.4. The molecular formula is C33H39NO14. The number of hydrogen-bond donors (Lipinski definition) is 2. The van der Waals surface area contributed by atoms with Crippen molar-refractivity contribution in [3.63, 3.8) is 0 Å². The molecule has 4 aliphatic heterocycles. The highest BCUT2D eigenvalue weighted by Gasteiger charge is 2.56. The molecule has 15 nitrogen and oxygen atoms in total. The molecule has 5 aliphatic rings. The quantitative estimate of drug-likeness (QED) is 0.301. The Hall–Kier alpha value is -3.70. The number of rotatable bonds is 8. The number of cyclic esters (lactones) is 1. The molecule has 48 heavy (non-hydrogen) atoms. The van der Waals surface area contributed by atoms with Crippen molar-refractivity contribution in [1.82, 2.24) is 4.90 Å². The van der Waals surface area contributed by atoms with Crippen LogP contribution in [0.1, 0.15) is 35.6 Å². The second kappa shape index (κ2) is 13.0. The number of methoxy groups -OCH3 is 2. The van der Waals surface area contributed by atoms with Crippen LogP contribution in [0.25, 0.3) is 0 Å². The average molecular weight is 674 g/mol. The van der Waals surface area contributed by atoms with Crippen molar-refractivity contribution in [3.05, 3.63) is 41.0 Å². The highest BCUT2D eigenvalue weighted by Crippen LogP contribution is 2.57. The number of aliphatic hydroxyl groups is 2. The fourth-order valence-corrected chi connectivity index (χ4v) is 7.23. The fraction of sp³-hybridized carbons (Fsp3) is 0.576. The highest BCUT2D eigenvalue weighted by atomic mass is 16.8. The molecule has 7 rings (SSSR count). The van der Waals surface area contributed by atoms with Gasteiger partial charge in [0.05, 0.1) is 46.0 Å². The van der Waals surface area contributed by atoms with E-state index < -0.39 is 72.8 Å². The lowest BCUT2D eigenvalue weighted by Crippen LogP contribution is -2.63. The minimum atomic E-state index is -1.46. The number of esters is 2. The summed E-state index contributed by atoms with van der Waals surface area (Å²) in [5, 5.41) is 22.1. The van der Waals surface area contributed by atoms with E-state index in [0.717, 1.165) is 0 Å². The molecule has 2 aromatic rings. The van der Waals surface area contributed by atoms with Crippen LogP contribution in [0, 0.1) is 11.8 Å². The SMILES string of the molecule is COc1cc([C@@H]2c3cc4c(cc3[C@@H](O[C@@H]3O[C@@H]5CO[C@@H](C)O[C@H]5[C@H](O)[C@H]3O)[C@H]3COC(=O)[C@H]23)OCO4)cc(OC)c1OC(=O)CN(C)C. The van der Waals surface area contributed by atoms with Gasteiger partial charge >= 0.3 is 11.9 Å². The number of benzene rings is 2. The van der Waals surface area contributed by atoms with Gasteiger partial charge in [0, 0.05) is 11.8 Å². The number of nitrogens with zero attached hydrogens (tertiary/aromatic N) is 1. The monoisotopic (exact) mass is 673 g/mol. The molecule has 260 valence electrons. The van der Waals surface area contributed by atoms with E-state index in [-0.39, 0.29) is 43.8 Å². The minimum absolute atomic E-state index is 0.0100. The zero-order valence-corrected chi connectivity index (χ0v) is 27.2. The van der Waals surface area contributed by atoms with Gasteiger partial charge in [-0.25, -0.2) is 0 Å². The van der Waals surface area contributed by atoms with Gasteiger partial charge in [0.1, 0.15) is 24.4 Å². The Morgan fingerprint density at radius 2 is 1.62 bits per heavy atom. The van der Waals surface area contributed by atoms with Gasteiger partial charge in [-0.3, -0.25) is 14.5 Å². The molecule has 15 heteroatoms. The van der Waals surface area contributed by atoms with Gasteiger partial charge in [0.2, 0.25) is 12.5 Å². The molecule has 0 spiro atoms. The predicted octanol–water partition coefficient (Wildman–Crippen LogP) is 1.10. The van der Waals surface area contributed by atoms with Crippen molar-refractivity contribution in [2.24, 2.45) is 11.8 Å². The van der Waals surface area contributed by atoms with Crippen molar-refractivity contribution in [2.75, 3.05) is 54.9 Å². The van der Waals surface area contributed by atoms with Crippen molar-refractivity contribution < 1.29 is 67.2 Å². The summed E-state index contributed by atoms with van der Waals surface area (Å²) in [6.45, 7) is 1.90. The molecule has 10 atom stereocenters. The smallest absolute Gasteiger partial charge is 0.325 e. The number of fused-ring (bicyclic) bond motifs is 4. The van der Waals surface area contributed by atoms with Crippen LogP contribution in [0.15, 0.2) is 24.3 Å². The lowest BCUT2D eigenvalue weighted by molar-refractivity contribution is -0.364. The van der Waals surface area contributed by atoms with E-state index in [1.165, 1.54) is 14.2 Å². The minimum Gasteiger partial charge on any atom is -0.493 e. The summed E-state index contributed by atoms with van der Waals surface area (Å²) >= 11 is 0. The molecule has 0 saturated carbocycles. The van der Waals surface area contributed by atoms with E-state index in [1.54, 1.807) is 50.2 Å². The molecular weight excluding hydrogens is 634 g/mol. The first kappa shape index (κ1) is 32.8. The van der Waals surface area contributed by atoms with Crippen LogP contribution in [-0.4, -0.2) is 119 Å². The van der Waals surface area contributed by atoms with E-state index >= 15 is 0 Å². The van der Waals surface area contributed by atoms with Gasteiger partial charge in [-0.05, 0) is 62.0 Å². The Bertz CT molecular complexity index is 1540. The second-order valence-electron chi connectivity index (χ2n) is 12.7. The van der Waals surface area contributed by atoms with Crippen LogP contribution >= 0.6 is 0 Å². The maximum absolute atomic E-state index is 13.6. The van der Waals surface area contributed by atoms with Crippen LogP contribution in [0.3, 0.4) is 0 Å². The van der Waals surface area contributed by atoms with Gasteiger partial charge in [-0.15, -0.1) is 0 Å². The summed E-state index contributed by atoms with van der Waals surface area (Å²) in [4.78, 5) is 27.9. The van der Waals surface area contributed by atoms with Gasteiger partial charge in [0.25, 0.3) is 0 Å². The number of likely N-dealkylation sites (N-methyl/N-ethyl adjacent to an activating group) is 1. The highest BCUT2D eigenvalue weighted by molar-refractivity contribution is 5.80. The first-order valence-electron chi connectivity index (χ1n) is 15.7. The number of aliphatic hydroxyl groups excluding tert-OH is 2. The molecule has 4 heterocycles. The van der Waals surface area contributed by atoms with Crippen LogP contribution in [-0.2, 0) is 33.3 Å². The maximum Gasteiger partial charge on any atom is 0.325 e. The maximum atomic E-state index is 13.6. The third kappa shape index (κ3) is 5.72. The van der Waals surface area contributed by atoms with E-state index in [1.807, 2.05) is 0 Å². The van der Waals surface area contributed by atoms with Crippen LogP contribution in [0.5, 0.6) is 28.7 Å². The molecule has 2 N–H and O–H groups in total. The molecule has 0 radical (unpaired) electrons. The van der Waals surface area contributed by atoms with Crippen molar-refractivity contribution >= 4 is 11.9 Å². The Labute approximate surface area is 276 Å². The van der Waals surface area contributed by atoms with Gasteiger partial charge in [0.15, 0.2) is 35.6 Å². The fourth-order valence-electron chi connectivity index (χ4n) is 7.23. The van der Waals surface area contributed by atoms with Gasteiger partial charge in [-0.1, -0.05) is 0 Å². The third-order valence-electron chi connectivity index (χ3n) is 9.39. The largest absolute Gasteiger partial charge is 0.493 e. The lowest BCUT2D eigenvalue weighted by Gasteiger charge is -2.47. The molecule has 0 unspecified atom stereocenters. The zero-order chi connectivity index (χ0) is 33.9. The number of hydrogen-bond acceptors (Lipinski definition) is 15. The van der Waals surface area contributed by atoms with Crippen molar-refractivity contribution in [1.29, 1.82) is 0 Å². The van der Waals surface area contributed by atoms with Crippen LogP contribution in [0.2, 0.25) is 0 Å².